The van der Waals surface area contributed by atoms with Crippen LogP contribution in [-0.4, -0.2) is 77.3 Å². The molecule has 2 bridgehead atoms. The fourth-order valence-electron chi connectivity index (χ4n) is 8.81. The van der Waals surface area contributed by atoms with Gasteiger partial charge in [0.15, 0.2) is 17.5 Å². The van der Waals surface area contributed by atoms with E-state index in [1.165, 1.54) is 0 Å². The maximum absolute atomic E-state index is 17.0. The summed E-state index contributed by atoms with van der Waals surface area (Å²) in [5.41, 5.74) is -4.94. The molecule has 5 aliphatic rings. The lowest BCUT2D eigenvalue weighted by atomic mass is 9.91. The van der Waals surface area contributed by atoms with Crippen molar-refractivity contribution < 1.29 is 45.0 Å². The molecule has 3 aromatic carbocycles. The van der Waals surface area contributed by atoms with Crippen LogP contribution in [-0.2, 0) is 6.18 Å². The van der Waals surface area contributed by atoms with Crippen molar-refractivity contribution in [1.82, 2.24) is 20.2 Å². The van der Waals surface area contributed by atoms with Gasteiger partial charge in [0.05, 0.1) is 12.2 Å². The smallest absolute Gasteiger partial charge is 0.417 e. The standard InChI is InChI=1S/C37H35F8N5O2/c38-26-4-1-19-11-22(51)12-23(27(19)29(26)39)28-25(37(43,44)45)13-24-31(30(28)40)47-33(48-32(24)50-14-20-2-3-21(15-50)46-20)52-18-34(5-6-34)17-49-9-7-35(8-10-49)16-36(35,41)42/h1,4,11-13,20-21,46,51H,2-3,5-10,14-18H2. The van der Waals surface area contributed by atoms with Crippen molar-refractivity contribution in [2.45, 2.75) is 69.1 Å². The Hall–Kier alpha value is -3.98. The number of alkyl halides is 5. The molecule has 2 saturated carbocycles. The summed E-state index contributed by atoms with van der Waals surface area (Å²) >= 11 is 0. The van der Waals surface area contributed by atoms with Crippen molar-refractivity contribution in [3.63, 3.8) is 0 Å². The minimum Gasteiger partial charge on any atom is -0.508 e. The predicted octanol–water partition coefficient (Wildman–Crippen LogP) is 7.81. The van der Waals surface area contributed by atoms with E-state index >= 15 is 8.78 Å². The lowest BCUT2D eigenvalue weighted by Crippen LogP contribution is -2.51. The van der Waals surface area contributed by atoms with Crippen LogP contribution in [0.2, 0.25) is 0 Å². The third-order valence-electron chi connectivity index (χ3n) is 12.0. The maximum atomic E-state index is 17.0. The number of fused-ring (bicyclic) bond motifs is 4. The summed E-state index contributed by atoms with van der Waals surface area (Å²) in [5.74, 6) is -7.41. The number of ether oxygens (including phenoxy) is 1. The molecular weight excluding hydrogens is 698 g/mol. The first-order valence-electron chi connectivity index (χ1n) is 17.6. The van der Waals surface area contributed by atoms with Crippen LogP contribution >= 0.6 is 0 Å². The molecule has 3 aliphatic heterocycles. The molecular formula is C37H35F8N5O2. The molecule has 2 atom stereocenters. The van der Waals surface area contributed by atoms with Crippen molar-refractivity contribution in [3.05, 3.63) is 53.3 Å². The highest BCUT2D eigenvalue weighted by atomic mass is 19.4. The van der Waals surface area contributed by atoms with Gasteiger partial charge in [-0.25, -0.2) is 22.0 Å². The van der Waals surface area contributed by atoms with E-state index in [1.54, 1.807) is 4.90 Å². The van der Waals surface area contributed by atoms with Crippen LogP contribution in [0.1, 0.15) is 50.5 Å². The first kappa shape index (κ1) is 33.8. The number of phenolic OH excluding ortho intramolecular Hbond substituents is 1. The number of rotatable bonds is 7. The third kappa shape index (κ3) is 5.60. The summed E-state index contributed by atoms with van der Waals surface area (Å²) in [6.07, 6.45) is -1.08. The first-order valence-corrected chi connectivity index (χ1v) is 17.6. The van der Waals surface area contributed by atoms with Gasteiger partial charge in [0.2, 0.25) is 0 Å². The van der Waals surface area contributed by atoms with E-state index < -0.39 is 68.3 Å². The normalized spacial score (nSPS) is 24.6. The Morgan fingerprint density at radius 1 is 0.923 bits per heavy atom. The molecule has 276 valence electrons. The van der Waals surface area contributed by atoms with Crippen LogP contribution in [0.3, 0.4) is 0 Å². The average Bonchev–Trinajstić information content (AvgIpc) is 3.93. The Balaban J connectivity index is 1.13. The quantitative estimate of drug-likeness (QED) is 0.188. The number of piperidine rings is 1. The number of aromatic nitrogens is 2. The van der Waals surface area contributed by atoms with Crippen LogP contribution in [0.15, 0.2) is 30.3 Å². The molecule has 1 aromatic heterocycles. The van der Waals surface area contributed by atoms with Crippen LogP contribution in [0.4, 0.5) is 40.9 Å². The number of hydrogen-bond donors (Lipinski definition) is 2. The van der Waals surface area contributed by atoms with E-state index in [-0.39, 0.29) is 53.1 Å². The van der Waals surface area contributed by atoms with Gasteiger partial charge in [-0.3, -0.25) is 0 Å². The van der Waals surface area contributed by atoms with Crippen LogP contribution in [0, 0.1) is 28.3 Å². The van der Waals surface area contributed by atoms with Crippen molar-refractivity contribution in [2.24, 2.45) is 10.8 Å². The minimum absolute atomic E-state index is 0.0462. The second-order valence-corrected chi connectivity index (χ2v) is 15.6. The highest BCUT2D eigenvalue weighted by Crippen LogP contribution is 2.66. The van der Waals surface area contributed by atoms with Gasteiger partial charge in [0.1, 0.15) is 17.1 Å². The van der Waals surface area contributed by atoms with E-state index in [0.29, 0.717) is 45.6 Å². The molecule has 7 nitrogen and oxygen atoms in total. The van der Waals surface area contributed by atoms with E-state index in [1.807, 2.05) is 0 Å². The zero-order chi connectivity index (χ0) is 36.4. The fourth-order valence-corrected chi connectivity index (χ4v) is 8.81. The highest BCUT2D eigenvalue weighted by molar-refractivity contribution is 6.03. The second kappa shape index (κ2) is 11.5. The summed E-state index contributed by atoms with van der Waals surface area (Å²) in [7, 11) is 0. The first-order chi connectivity index (χ1) is 24.6. The summed E-state index contributed by atoms with van der Waals surface area (Å²) < 4.78 is 126. The number of benzene rings is 3. The molecule has 0 radical (unpaired) electrons. The molecule has 0 amide bonds. The number of phenols is 1. The molecule has 4 aromatic rings. The highest BCUT2D eigenvalue weighted by Gasteiger charge is 2.70. The number of aromatic hydroxyl groups is 1. The molecule has 3 saturated heterocycles. The molecule has 52 heavy (non-hydrogen) atoms. The number of piperazine rings is 1. The molecule has 2 N–H and O–H groups in total. The van der Waals surface area contributed by atoms with E-state index in [9.17, 15) is 31.4 Å². The Morgan fingerprint density at radius 2 is 1.62 bits per heavy atom. The molecule has 5 fully saturated rings. The topological polar surface area (TPSA) is 73.8 Å². The van der Waals surface area contributed by atoms with Gasteiger partial charge in [-0.15, -0.1) is 0 Å². The van der Waals surface area contributed by atoms with Crippen molar-refractivity contribution >= 4 is 27.5 Å². The van der Waals surface area contributed by atoms with Gasteiger partial charge < -0.3 is 25.0 Å². The number of anilines is 1. The Morgan fingerprint density at radius 3 is 2.25 bits per heavy atom. The summed E-state index contributed by atoms with van der Waals surface area (Å²) in [6.45, 7) is 2.61. The molecule has 1 spiro atoms. The number of nitrogens with one attached hydrogen (secondary N) is 1. The Bertz CT molecular complexity index is 2100. The minimum atomic E-state index is -5.16. The van der Waals surface area contributed by atoms with E-state index in [0.717, 1.165) is 56.0 Å². The fraction of sp³-hybridized carbons (Fsp3) is 0.514. The average molecular weight is 734 g/mol. The Kier molecular flexibility index (Phi) is 7.49. The molecule has 4 heterocycles. The second-order valence-electron chi connectivity index (χ2n) is 15.6. The van der Waals surface area contributed by atoms with Gasteiger partial charge in [-0.2, -0.15) is 23.1 Å². The largest absolute Gasteiger partial charge is 0.508 e. The number of likely N-dealkylation sites (tertiary alicyclic amines) is 1. The SMILES string of the molecule is Oc1cc(-c2c(C(F)(F)F)cc3c(N4CC5CCC(C4)N5)nc(OCC4(CN5CCC6(CC5)CC6(F)F)CC4)nc3c2F)c2c(F)c(F)ccc2c1. The molecule has 2 unspecified atom stereocenters. The zero-order valence-corrected chi connectivity index (χ0v) is 27.9. The van der Waals surface area contributed by atoms with Crippen molar-refractivity contribution in [2.75, 3.05) is 44.2 Å². The molecule has 15 heteroatoms. The van der Waals surface area contributed by atoms with Crippen LogP contribution in [0.25, 0.3) is 32.8 Å². The number of hydrogen-bond acceptors (Lipinski definition) is 7. The van der Waals surface area contributed by atoms with Gasteiger partial charge >= 0.3 is 12.2 Å². The molecule has 2 aliphatic carbocycles. The van der Waals surface area contributed by atoms with Gasteiger partial charge in [-0.05, 0) is 86.8 Å². The van der Waals surface area contributed by atoms with Gasteiger partial charge in [0.25, 0.3) is 5.92 Å². The Labute approximate surface area is 292 Å². The van der Waals surface area contributed by atoms with Crippen molar-refractivity contribution in [1.29, 1.82) is 0 Å². The zero-order valence-electron chi connectivity index (χ0n) is 27.9. The summed E-state index contributed by atoms with van der Waals surface area (Å²) in [4.78, 5) is 12.9. The number of halogens is 8. The number of nitrogens with zero attached hydrogens (tertiary/aromatic N) is 4. The molecule has 9 rings (SSSR count). The van der Waals surface area contributed by atoms with E-state index in [2.05, 4.69) is 20.2 Å². The lowest BCUT2D eigenvalue weighted by Gasteiger charge is -2.35. The van der Waals surface area contributed by atoms with Crippen LogP contribution in [0.5, 0.6) is 11.8 Å². The maximum Gasteiger partial charge on any atom is 0.417 e. The van der Waals surface area contributed by atoms with Gasteiger partial charge in [0, 0.05) is 65.3 Å². The third-order valence-corrected chi connectivity index (χ3v) is 12.0. The summed E-state index contributed by atoms with van der Waals surface area (Å²) in [6, 6.07) is 4.26. The predicted molar refractivity (Wildman–Crippen MR) is 176 cm³/mol. The lowest BCUT2D eigenvalue weighted by molar-refractivity contribution is -0.137. The van der Waals surface area contributed by atoms with Crippen molar-refractivity contribution in [3.8, 4) is 22.9 Å². The van der Waals surface area contributed by atoms with E-state index in [4.69, 9.17) is 4.74 Å². The summed E-state index contributed by atoms with van der Waals surface area (Å²) in [5, 5.41) is 12.9. The monoisotopic (exact) mass is 733 g/mol. The van der Waals surface area contributed by atoms with Crippen LogP contribution < -0.4 is 15.0 Å². The van der Waals surface area contributed by atoms with Gasteiger partial charge in [-0.1, -0.05) is 6.07 Å².